The Bertz CT molecular complexity index is 1010. The van der Waals surface area contributed by atoms with Crippen molar-refractivity contribution >= 4 is 24.1 Å². The van der Waals surface area contributed by atoms with E-state index in [-0.39, 0.29) is 35.8 Å². The average Bonchev–Trinajstić information content (AvgIpc) is 3.12. The zero-order valence-electron chi connectivity index (χ0n) is 15.9. The van der Waals surface area contributed by atoms with Gasteiger partial charge in [-0.25, -0.2) is 18.2 Å². The Morgan fingerprint density at radius 2 is 1.70 bits per heavy atom. The SMILES string of the molecule is COc1ccc(C(=O)Nc2cn(Cc3cc(F)c(F)c(F)c3)cn2)cc1OC.Cl.O. The first-order chi connectivity index (χ1) is 13.4. The molecule has 0 spiro atoms. The molecule has 0 aliphatic carbocycles. The van der Waals surface area contributed by atoms with Crippen molar-refractivity contribution in [3.8, 4) is 11.5 Å². The number of rotatable bonds is 6. The Labute approximate surface area is 176 Å². The van der Waals surface area contributed by atoms with E-state index in [0.717, 1.165) is 12.1 Å². The highest BCUT2D eigenvalue weighted by molar-refractivity contribution is 6.04. The minimum atomic E-state index is -1.52. The standard InChI is InChI=1S/C19H16F3N3O3.ClH.H2O/c1-27-15-4-3-12(7-16(15)28-2)19(26)24-17-9-25(10-23-17)8-11-5-13(20)18(22)14(21)6-11;;/h3-7,9-10H,8H2,1-2H3,(H,24,26);1H;1H2. The molecular weight excluding hydrogens is 427 g/mol. The summed E-state index contributed by atoms with van der Waals surface area (Å²) in [5.41, 5.74) is 0.543. The first-order valence-electron chi connectivity index (χ1n) is 8.10. The van der Waals surface area contributed by atoms with Gasteiger partial charge in [0.05, 0.1) is 20.5 Å². The van der Waals surface area contributed by atoms with Crippen LogP contribution in [-0.4, -0.2) is 35.2 Å². The topological polar surface area (TPSA) is 96.9 Å². The molecule has 0 fully saturated rings. The molecule has 1 heterocycles. The molecule has 30 heavy (non-hydrogen) atoms. The van der Waals surface area contributed by atoms with Crippen molar-refractivity contribution in [2.75, 3.05) is 19.5 Å². The number of imidazole rings is 1. The number of hydrogen-bond donors (Lipinski definition) is 1. The van der Waals surface area contributed by atoms with Crippen LogP contribution >= 0.6 is 12.4 Å². The number of ether oxygens (including phenoxy) is 2. The van der Waals surface area contributed by atoms with Crippen LogP contribution in [0.15, 0.2) is 42.9 Å². The summed E-state index contributed by atoms with van der Waals surface area (Å²) in [6.45, 7) is 0.0490. The number of amides is 1. The molecule has 7 nitrogen and oxygen atoms in total. The number of carbonyl (C=O) groups is 1. The Morgan fingerprint density at radius 3 is 2.30 bits per heavy atom. The fourth-order valence-corrected chi connectivity index (χ4v) is 2.59. The highest BCUT2D eigenvalue weighted by Crippen LogP contribution is 2.27. The minimum absolute atomic E-state index is 0. The van der Waals surface area contributed by atoms with Crippen molar-refractivity contribution in [1.29, 1.82) is 0 Å². The summed E-state index contributed by atoms with van der Waals surface area (Å²) in [7, 11) is 2.95. The zero-order chi connectivity index (χ0) is 20.3. The number of nitrogens with zero attached hydrogens (tertiary/aromatic N) is 2. The number of anilines is 1. The van der Waals surface area contributed by atoms with Gasteiger partial charge in [0.15, 0.2) is 34.8 Å². The van der Waals surface area contributed by atoms with E-state index >= 15 is 0 Å². The van der Waals surface area contributed by atoms with E-state index in [1.54, 1.807) is 12.1 Å². The van der Waals surface area contributed by atoms with Crippen LogP contribution in [0.4, 0.5) is 19.0 Å². The van der Waals surface area contributed by atoms with Crippen molar-refractivity contribution in [2.45, 2.75) is 6.54 Å². The average molecular weight is 446 g/mol. The predicted octanol–water partition coefficient (Wildman–Crippen LogP) is 3.22. The number of nitrogens with one attached hydrogen (secondary N) is 1. The Morgan fingerprint density at radius 1 is 1.07 bits per heavy atom. The molecule has 162 valence electrons. The van der Waals surface area contributed by atoms with Crippen LogP contribution in [0.5, 0.6) is 11.5 Å². The highest BCUT2D eigenvalue weighted by atomic mass is 35.5. The van der Waals surface area contributed by atoms with Gasteiger partial charge in [-0.2, -0.15) is 0 Å². The molecule has 3 N–H and O–H groups in total. The molecule has 11 heteroatoms. The van der Waals surface area contributed by atoms with Gasteiger partial charge in [0, 0.05) is 18.3 Å². The van der Waals surface area contributed by atoms with Gasteiger partial charge in [0.1, 0.15) is 0 Å². The van der Waals surface area contributed by atoms with E-state index in [2.05, 4.69) is 10.3 Å². The van der Waals surface area contributed by atoms with Crippen LogP contribution < -0.4 is 14.8 Å². The van der Waals surface area contributed by atoms with Crippen molar-refractivity contribution in [1.82, 2.24) is 9.55 Å². The summed E-state index contributed by atoms with van der Waals surface area (Å²) in [4.78, 5) is 16.4. The second-order valence-corrected chi connectivity index (χ2v) is 5.83. The first-order valence-corrected chi connectivity index (χ1v) is 8.10. The molecule has 2 aromatic carbocycles. The van der Waals surface area contributed by atoms with E-state index in [4.69, 9.17) is 9.47 Å². The van der Waals surface area contributed by atoms with E-state index in [1.165, 1.54) is 37.4 Å². The monoisotopic (exact) mass is 445 g/mol. The van der Waals surface area contributed by atoms with Crippen LogP contribution in [0.3, 0.4) is 0 Å². The molecule has 0 aliphatic heterocycles. The van der Waals surface area contributed by atoms with Gasteiger partial charge in [0.25, 0.3) is 5.91 Å². The number of aromatic nitrogens is 2. The molecule has 1 amide bonds. The van der Waals surface area contributed by atoms with Crippen LogP contribution in [0, 0.1) is 17.5 Å². The summed E-state index contributed by atoms with van der Waals surface area (Å²) in [5, 5.41) is 2.61. The Balaban J connectivity index is 0.00000225. The summed E-state index contributed by atoms with van der Waals surface area (Å²) >= 11 is 0. The highest BCUT2D eigenvalue weighted by Gasteiger charge is 2.13. The van der Waals surface area contributed by atoms with Gasteiger partial charge in [-0.3, -0.25) is 4.79 Å². The van der Waals surface area contributed by atoms with Crippen molar-refractivity contribution < 1.29 is 32.9 Å². The lowest BCUT2D eigenvalue weighted by molar-refractivity contribution is 0.102. The van der Waals surface area contributed by atoms with Gasteiger partial charge < -0.3 is 24.8 Å². The van der Waals surface area contributed by atoms with Gasteiger partial charge >= 0.3 is 0 Å². The third-order valence-electron chi connectivity index (χ3n) is 3.93. The molecular formula is C19H19ClF3N3O4. The Kier molecular flexibility index (Phi) is 8.69. The number of hydrogen-bond acceptors (Lipinski definition) is 4. The maximum Gasteiger partial charge on any atom is 0.256 e. The lowest BCUT2D eigenvalue weighted by atomic mass is 10.2. The van der Waals surface area contributed by atoms with E-state index in [0.29, 0.717) is 17.1 Å². The first kappa shape index (κ1) is 24.8. The van der Waals surface area contributed by atoms with Crippen LogP contribution in [0.25, 0.3) is 0 Å². The molecule has 3 rings (SSSR count). The van der Waals surface area contributed by atoms with Gasteiger partial charge in [0.2, 0.25) is 0 Å². The van der Waals surface area contributed by atoms with Gasteiger partial charge in [-0.1, -0.05) is 0 Å². The summed E-state index contributed by atoms with van der Waals surface area (Å²) in [6.07, 6.45) is 2.86. The smallest absolute Gasteiger partial charge is 0.256 e. The normalized spacial score (nSPS) is 9.90. The molecule has 0 saturated carbocycles. The fourth-order valence-electron chi connectivity index (χ4n) is 2.59. The summed E-state index contributed by atoms with van der Waals surface area (Å²) in [6, 6.07) is 6.50. The summed E-state index contributed by atoms with van der Waals surface area (Å²) < 4.78 is 51.4. The molecule has 0 unspecified atom stereocenters. The lowest BCUT2D eigenvalue weighted by Gasteiger charge is -2.09. The largest absolute Gasteiger partial charge is 0.493 e. The second kappa shape index (κ2) is 10.5. The van der Waals surface area contributed by atoms with Gasteiger partial charge in [-0.15, -0.1) is 12.4 Å². The van der Waals surface area contributed by atoms with Crippen LogP contribution in [-0.2, 0) is 6.54 Å². The quantitative estimate of drug-likeness (QED) is 0.589. The Hall–Kier alpha value is -3.24. The number of carbonyl (C=O) groups excluding carboxylic acids is 1. The molecule has 0 saturated heterocycles. The maximum absolute atomic E-state index is 13.3. The van der Waals surface area contributed by atoms with Gasteiger partial charge in [-0.05, 0) is 35.9 Å². The molecule has 3 aromatic rings. The molecule has 0 radical (unpaired) electrons. The second-order valence-electron chi connectivity index (χ2n) is 5.83. The molecule has 0 bridgehead atoms. The van der Waals surface area contributed by atoms with Crippen molar-refractivity contribution in [3.05, 3.63) is 71.4 Å². The lowest BCUT2D eigenvalue weighted by Crippen LogP contribution is -2.12. The maximum atomic E-state index is 13.3. The van der Waals surface area contributed by atoms with E-state index in [9.17, 15) is 18.0 Å². The van der Waals surface area contributed by atoms with Crippen LogP contribution in [0.1, 0.15) is 15.9 Å². The molecule has 0 atom stereocenters. The minimum Gasteiger partial charge on any atom is -0.493 e. The fraction of sp³-hybridized carbons (Fsp3) is 0.158. The predicted molar refractivity (Wildman–Crippen MR) is 106 cm³/mol. The third-order valence-corrected chi connectivity index (χ3v) is 3.93. The van der Waals surface area contributed by atoms with Crippen molar-refractivity contribution in [2.24, 2.45) is 0 Å². The molecule has 1 aromatic heterocycles. The van der Waals surface area contributed by atoms with E-state index in [1.807, 2.05) is 0 Å². The summed E-state index contributed by atoms with van der Waals surface area (Å²) in [5.74, 6) is -3.34. The van der Waals surface area contributed by atoms with Crippen molar-refractivity contribution in [3.63, 3.8) is 0 Å². The zero-order valence-corrected chi connectivity index (χ0v) is 16.7. The number of halogens is 4. The number of benzene rings is 2. The van der Waals surface area contributed by atoms with Crippen LogP contribution in [0.2, 0.25) is 0 Å². The number of methoxy groups -OCH3 is 2. The molecule has 0 aliphatic rings. The van der Waals surface area contributed by atoms with E-state index < -0.39 is 23.4 Å². The third kappa shape index (κ3) is 5.43.